The fourth-order valence-electron chi connectivity index (χ4n) is 1.87. The Labute approximate surface area is 125 Å². The molecule has 0 unspecified atom stereocenters. The van der Waals surface area contributed by atoms with Gasteiger partial charge in [-0.3, -0.25) is 0 Å². The number of aryl methyl sites for hydroxylation is 1. The molecule has 0 amide bonds. The zero-order valence-corrected chi connectivity index (χ0v) is 11.9. The van der Waals surface area contributed by atoms with Crippen LogP contribution in [0.15, 0.2) is 47.6 Å². The molecule has 0 radical (unpaired) electrons. The molecule has 6 heteroatoms. The van der Waals surface area contributed by atoms with Gasteiger partial charge >= 0.3 is 6.18 Å². The van der Waals surface area contributed by atoms with Crippen LogP contribution in [-0.2, 0) is 6.18 Å². The fourth-order valence-corrected chi connectivity index (χ4v) is 1.87. The molecule has 0 spiro atoms. The predicted octanol–water partition coefficient (Wildman–Crippen LogP) is 4.96. The van der Waals surface area contributed by atoms with Crippen molar-refractivity contribution >= 4 is 5.71 Å². The second kappa shape index (κ2) is 6.17. The van der Waals surface area contributed by atoms with Gasteiger partial charge in [0, 0.05) is 5.56 Å². The zero-order chi connectivity index (χ0) is 16.3. The third kappa shape index (κ3) is 3.84. The lowest BCUT2D eigenvalue weighted by Gasteiger charge is -2.13. The van der Waals surface area contributed by atoms with Crippen molar-refractivity contribution in [2.24, 2.45) is 5.16 Å². The van der Waals surface area contributed by atoms with Crippen LogP contribution < -0.4 is 4.84 Å². The summed E-state index contributed by atoms with van der Waals surface area (Å²) in [7, 11) is 0. The molecule has 116 valence electrons. The lowest BCUT2D eigenvalue weighted by Crippen LogP contribution is -2.13. The number of halogens is 4. The topological polar surface area (TPSA) is 21.6 Å². The minimum Gasteiger partial charge on any atom is -0.357 e. The first-order chi connectivity index (χ1) is 10.3. The quantitative estimate of drug-likeness (QED) is 0.446. The van der Waals surface area contributed by atoms with Gasteiger partial charge in [-0.15, -0.1) is 0 Å². The molecule has 0 fully saturated rings. The highest BCUT2D eigenvalue weighted by Crippen LogP contribution is 2.33. The smallest absolute Gasteiger partial charge is 0.357 e. The summed E-state index contributed by atoms with van der Waals surface area (Å²) in [5, 5.41) is 3.69. The SMILES string of the molecule is C/C(=N\Oc1ccc(F)cc1)c1ccc(C)cc1C(F)(F)F. The Hall–Kier alpha value is -2.37. The molecule has 2 rings (SSSR count). The molecule has 2 aromatic rings. The molecule has 22 heavy (non-hydrogen) atoms. The van der Waals surface area contributed by atoms with Crippen LogP contribution in [0.5, 0.6) is 5.75 Å². The van der Waals surface area contributed by atoms with Gasteiger partial charge in [0.1, 0.15) is 5.82 Å². The van der Waals surface area contributed by atoms with E-state index >= 15 is 0 Å². The highest BCUT2D eigenvalue weighted by Gasteiger charge is 2.34. The summed E-state index contributed by atoms with van der Waals surface area (Å²) in [6, 6.07) is 9.01. The molecule has 2 nitrogen and oxygen atoms in total. The molecule has 0 aromatic heterocycles. The number of benzene rings is 2. The molecule has 0 heterocycles. The van der Waals surface area contributed by atoms with Gasteiger partial charge in [0.15, 0.2) is 5.75 Å². The second-order valence-electron chi connectivity index (χ2n) is 4.77. The minimum absolute atomic E-state index is 0.0554. The molecule has 2 aromatic carbocycles. The monoisotopic (exact) mass is 311 g/mol. The molecule has 0 N–H and O–H groups in total. The van der Waals surface area contributed by atoms with Crippen LogP contribution in [-0.4, -0.2) is 5.71 Å². The molecule has 0 atom stereocenters. The van der Waals surface area contributed by atoms with Crippen molar-refractivity contribution in [2.75, 3.05) is 0 Å². The highest BCUT2D eigenvalue weighted by atomic mass is 19.4. The van der Waals surface area contributed by atoms with E-state index in [4.69, 9.17) is 4.84 Å². The average Bonchev–Trinajstić information content (AvgIpc) is 2.45. The van der Waals surface area contributed by atoms with Crippen LogP contribution >= 0.6 is 0 Å². The average molecular weight is 311 g/mol. The lowest BCUT2D eigenvalue weighted by molar-refractivity contribution is -0.137. The van der Waals surface area contributed by atoms with Crippen molar-refractivity contribution in [1.29, 1.82) is 0 Å². The van der Waals surface area contributed by atoms with Crippen molar-refractivity contribution in [3.8, 4) is 5.75 Å². The number of hydrogen-bond acceptors (Lipinski definition) is 2. The summed E-state index contributed by atoms with van der Waals surface area (Å²) in [4.78, 5) is 5.03. The Morgan fingerprint density at radius 3 is 2.27 bits per heavy atom. The van der Waals surface area contributed by atoms with Gasteiger partial charge in [0.05, 0.1) is 11.3 Å². The number of alkyl halides is 3. The van der Waals surface area contributed by atoms with E-state index in [0.717, 1.165) is 6.07 Å². The van der Waals surface area contributed by atoms with E-state index in [1.165, 1.54) is 37.3 Å². The van der Waals surface area contributed by atoms with Gasteiger partial charge in [-0.25, -0.2) is 4.39 Å². The van der Waals surface area contributed by atoms with E-state index in [1.54, 1.807) is 13.0 Å². The van der Waals surface area contributed by atoms with E-state index in [0.29, 0.717) is 5.56 Å². The third-order valence-corrected chi connectivity index (χ3v) is 2.97. The van der Waals surface area contributed by atoms with Crippen LogP contribution in [0.25, 0.3) is 0 Å². The second-order valence-corrected chi connectivity index (χ2v) is 4.77. The predicted molar refractivity (Wildman–Crippen MR) is 75.4 cm³/mol. The van der Waals surface area contributed by atoms with E-state index in [9.17, 15) is 17.6 Å². The molecule has 0 aliphatic carbocycles. The number of oxime groups is 1. The number of hydrogen-bond donors (Lipinski definition) is 0. The maximum absolute atomic E-state index is 13.1. The summed E-state index contributed by atoms with van der Waals surface area (Å²) in [6.07, 6.45) is -4.48. The summed E-state index contributed by atoms with van der Waals surface area (Å²) in [5.41, 5.74) is -0.239. The maximum Gasteiger partial charge on any atom is 0.417 e. The van der Waals surface area contributed by atoms with Crippen LogP contribution in [0.2, 0.25) is 0 Å². The summed E-state index contributed by atoms with van der Waals surface area (Å²) in [6.45, 7) is 3.00. The van der Waals surface area contributed by atoms with Crippen molar-refractivity contribution in [2.45, 2.75) is 20.0 Å². The highest BCUT2D eigenvalue weighted by molar-refractivity contribution is 6.00. The molecule has 0 aliphatic rings. The minimum atomic E-state index is -4.48. The Kier molecular flexibility index (Phi) is 4.49. The van der Waals surface area contributed by atoms with Gasteiger partial charge in [-0.2, -0.15) is 13.2 Å². The Balaban J connectivity index is 2.30. The van der Waals surface area contributed by atoms with Gasteiger partial charge in [-0.1, -0.05) is 22.9 Å². The van der Waals surface area contributed by atoms with E-state index in [2.05, 4.69) is 5.16 Å². The van der Waals surface area contributed by atoms with Crippen molar-refractivity contribution in [1.82, 2.24) is 0 Å². The van der Waals surface area contributed by atoms with Crippen molar-refractivity contribution in [3.63, 3.8) is 0 Å². The van der Waals surface area contributed by atoms with E-state index in [1.807, 2.05) is 0 Å². The zero-order valence-electron chi connectivity index (χ0n) is 11.9. The van der Waals surface area contributed by atoms with Gasteiger partial charge in [0.25, 0.3) is 0 Å². The van der Waals surface area contributed by atoms with Gasteiger partial charge < -0.3 is 4.84 Å². The Morgan fingerprint density at radius 2 is 1.68 bits per heavy atom. The molecule has 0 saturated carbocycles. The van der Waals surface area contributed by atoms with Crippen LogP contribution in [0.3, 0.4) is 0 Å². The number of rotatable bonds is 3. The largest absolute Gasteiger partial charge is 0.417 e. The normalized spacial score (nSPS) is 12.4. The lowest BCUT2D eigenvalue weighted by atomic mass is 10.0. The van der Waals surface area contributed by atoms with E-state index in [-0.39, 0.29) is 17.0 Å². The van der Waals surface area contributed by atoms with Crippen LogP contribution in [0.4, 0.5) is 17.6 Å². The Morgan fingerprint density at radius 1 is 1.05 bits per heavy atom. The third-order valence-electron chi connectivity index (χ3n) is 2.97. The first-order valence-corrected chi connectivity index (χ1v) is 6.43. The standard InChI is InChI=1S/C16H13F4NO/c1-10-3-8-14(15(9-10)16(18,19)20)11(2)21-22-13-6-4-12(17)5-7-13/h3-9H,1-2H3/b21-11+. The maximum atomic E-state index is 13.1. The molecule has 0 bridgehead atoms. The van der Waals surface area contributed by atoms with Gasteiger partial charge in [0.2, 0.25) is 0 Å². The number of nitrogens with zero attached hydrogens (tertiary/aromatic N) is 1. The summed E-state index contributed by atoms with van der Waals surface area (Å²) < 4.78 is 51.9. The van der Waals surface area contributed by atoms with Crippen LogP contribution in [0, 0.1) is 12.7 Å². The summed E-state index contributed by atoms with van der Waals surface area (Å²) in [5.74, 6) is -0.202. The molecule has 0 aliphatic heterocycles. The fraction of sp³-hybridized carbons (Fsp3) is 0.188. The van der Waals surface area contributed by atoms with E-state index < -0.39 is 17.6 Å². The molecular formula is C16H13F4NO. The van der Waals surface area contributed by atoms with Gasteiger partial charge in [-0.05, 0) is 44.2 Å². The van der Waals surface area contributed by atoms with Crippen molar-refractivity contribution < 1.29 is 22.4 Å². The van der Waals surface area contributed by atoms with Crippen LogP contribution in [0.1, 0.15) is 23.6 Å². The Bertz CT molecular complexity index is 690. The van der Waals surface area contributed by atoms with Crippen molar-refractivity contribution in [3.05, 3.63) is 65.0 Å². The first-order valence-electron chi connectivity index (χ1n) is 6.43. The summed E-state index contributed by atoms with van der Waals surface area (Å²) >= 11 is 0. The first kappa shape index (κ1) is 16.0. The molecular weight excluding hydrogens is 298 g/mol. The molecule has 0 saturated heterocycles.